The zero-order chi connectivity index (χ0) is 18.4. The van der Waals surface area contributed by atoms with Gasteiger partial charge in [-0.3, -0.25) is 9.59 Å². The first kappa shape index (κ1) is 18.1. The summed E-state index contributed by atoms with van der Waals surface area (Å²) in [5, 5.41) is 2.90. The third-order valence-corrected chi connectivity index (χ3v) is 4.56. The van der Waals surface area contributed by atoms with Crippen LogP contribution in [-0.2, 0) is 22.6 Å². The maximum Gasteiger partial charge on any atom is 0.224 e. The lowest BCUT2D eigenvalue weighted by molar-refractivity contribution is -0.133. The number of piperidine rings is 1. The third kappa shape index (κ3) is 5.15. The van der Waals surface area contributed by atoms with Crippen molar-refractivity contribution in [2.75, 3.05) is 11.9 Å². The number of aryl methyl sites for hydroxylation is 1. The maximum absolute atomic E-state index is 12.9. The first-order chi connectivity index (χ1) is 12.6. The van der Waals surface area contributed by atoms with Gasteiger partial charge in [-0.25, -0.2) is 4.39 Å². The van der Waals surface area contributed by atoms with Crippen molar-refractivity contribution < 1.29 is 14.0 Å². The molecule has 136 valence electrons. The number of carbonyl (C=O) groups excluding carboxylic acids is 2. The number of amides is 2. The lowest BCUT2D eigenvalue weighted by Crippen LogP contribution is -2.34. The Morgan fingerprint density at radius 3 is 2.65 bits per heavy atom. The summed E-state index contributed by atoms with van der Waals surface area (Å²) in [5.74, 6) is -0.160. The lowest BCUT2D eigenvalue weighted by Gasteiger charge is -2.26. The van der Waals surface area contributed by atoms with Crippen molar-refractivity contribution in [3.8, 4) is 0 Å². The fraction of sp³-hybridized carbons (Fsp3) is 0.333. The van der Waals surface area contributed by atoms with E-state index in [2.05, 4.69) is 5.32 Å². The van der Waals surface area contributed by atoms with E-state index in [9.17, 15) is 14.0 Å². The molecule has 0 spiro atoms. The average molecular weight is 354 g/mol. The molecule has 3 rings (SSSR count). The lowest BCUT2D eigenvalue weighted by atomic mass is 10.1. The van der Waals surface area contributed by atoms with Gasteiger partial charge in [0.2, 0.25) is 11.8 Å². The highest BCUT2D eigenvalue weighted by atomic mass is 19.1. The molecule has 2 aromatic rings. The highest BCUT2D eigenvalue weighted by Gasteiger charge is 2.18. The van der Waals surface area contributed by atoms with Gasteiger partial charge in [0.1, 0.15) is 5.82 Å². The Hall–Kier alpha value is -2.69. The van der Waals surface area contributed by atoms with Crippen LogP contribution in [0.2, 0.25) is 0 Å². The van der Waals surface area contributed by atoms with E-state index in [1.165, 1.54) is 12.1 Å². The summed E-state index contributed by atoms with van der Waals surface area (Å²) >= 11 is 0. The molecular formula is C21H23FN2O2. The number of hydrogen-bond donors (Lipinski definition) is 1. The number of hydrogen-bond acceptors (Lipinski definition) is 2. The first-order valence-electron chi connectivity index (χ1n) is 9.01. The van der Waals surface area contributed by atoms with Gasteiger partial charge in [0.25, 0.3) is 0 Å². The average Bonchev–Trinajstić information content (AvgIpc) is 2.63. The Labute approximate surface area is 153 Å². The first-order valence-corrected chi connectivity index (χ1v) is 9.01. The molecule has 4 nitrogen and oxygen atoms in total. The van der Waals surface area contributed by atoms with Gasteiger partial charge in [-0.2, -0.15) is 0 Å². The molecule has 0 aromatic heterocycles. The van der Waals surface area contributed by atoms with E-state index in [-0.39, 0.29) is 17.6 Å². The molecule has 5 heteroatoms. The molecule has 1 fully saturated rings. The molecular weight excluding hydrogens is 331 g/mol. The van der Waals surface area contributed by atoms with Crippen molar-refractivity contribution in [2.45, 2.75) is 38.6 Å². The number of benzene rings is 2. The molecule has 0 aliphatic carbocycles. The molecule has 1 heterocycles. The predicted molar refractivity (Wildman–Crippen MR) is 99.1 cm³/mol. The Morgan fingerprint density at radius 1 is 1.08 bits per heavy atom. The van der Waals surface area contributed by atoms with Crippen LogP contribution in [0.5, 0.6) is 0 Å². The zero-order valence-electron chi connectivity index (χ0n) is 14.7. The normalized spacial score (nSPS) is 14.3. The molecule has 26 heavy (non-hydrogen) atoms. The van der Waals surface area contributed by atoms with Crippen LogP contribution in [0.25, 0.3) is 0 Å². The predicted octanol–water partition coefficient (Wildman–Crippen LogP) is 3.91. The number of halogens is 1. The number of anilines is 1. The fourth-order valence-corrected chi connectivity index (χ4v) is 3.13. The summed E-state index contributed by atoms with van der Waals surface area (Å²) in [4.78, 5) is 26.0. The van der Waals surface area contributed by atoms with Crippen molar-refractivity contribution in [2.24, 2.45) is 0 Å². The van der Waals surface area contributed by atoms with E-state index in [0.717, 1.165) is 36.2 Å². The standard InChI is InChI=1S/C21H23FN2O2/c22-18-10-7-16(8-11-18)9-12-20(25)23-19-5-3-4-17(14-19)15-24-13-2-1-6-21(24)26/h3-5,7-8,10-11,14H,1-2,6,9,12-13,15H2,(H,23,25). The van der Waals surface area contributed by atoms with Crippen LogP contribution in [0.1, 0.15) is 36.8 Å². The van der Waals surface area contributed by atoms with Gasteiger partial charge in [-0.1, -0.05) is 24.3 Å². The molecule has 2 amide bonds. The largest absolute Gasteiger partial charge is 0.338 e. The van der Waals surface area contributed by atoms with Crippen molar-refractivity contribution in [1.29, 1.82) is 0 Å². The van der Waals surface area contributed by atoms with Gasteiger partial charge >= 0.3 is 0 Å². The molecule has 0 bridgehead atoms. The summed E-state index contributed by atoms with van der Waals surface area (Å²) in [7, 11) is 0. The van der Waals surface area contributed by atoms with Gasteiger partial charge in [0.15, 0.2) is 0 Å². The maximum atomic E-state index is 12.9. The molecule has 1 saturated heterocycles. The van der Waals surface area contributed by atoms with Gasteiger partial charge < -0.3 is 10.2 Å². The molecule has 2 aromatic carbocycles. The van der Waals surface area contributed by atoms with Crippen molar-refractivity contribution in [1.82, 2.24) is 4.90 Å². The van der Waals surface area contributed by atoms with Crippen LogP contribution in [-0.4, -0.2) is 23.3 Å². The van der Waals surface area contributed by atoms with E-state index in [1.54, 1.807) is 12.1 Å². The van der Waals surface area contributed by atoms with E-state index in [0.29, 0.717) is 25.8 Å². The van der Waals surface area contributed by atoms with Crippen LogP contribution in [0.15, 0.2) is 48.5 Å². The van der Waals surface area contributed by atoms with Crippen molar-refractivity contribution >= 4 is 17.5 Å². The number of nitrogens with zero attached hydrogens (tertiary/aromatic N) is 1. The smallest absolute Gasteiger partial charge is 0.224 e. The minimum Gasteiger partial charge on any atom is -0.338 e. The summed E-state index contributed by atoms with van der Waals surface area (Å²) in [6, 6.07) is 13.8. The van der Waals surface area contributed by atoms with E-state index in [4.69, 9.17) is 0 Å². The second-order valence-corrected chi connectivity index (χ2v) is 6.65. The Bertz CT molecular complexity index is 774. The summed E-state index contributed by atoms with van der Waals surface area (Å²) < 4.78 is 12.9. The topological polar surface area (TPSA) is 49.4 Å². The zero-order valence-corrected chi connectivity index (χ0v) is 14.7. The van der Waals surface area contributed by atoms with Crippen LogP contribution >= 0.6 is 0 Å². The molecule has 1 N–H and O–H groups in total. The van der Waals surface area contributed by atoms with Gasteiger partial charge in [0.05, 0.1) is 0 Å². The SMILES string of the molecule is O=C(CCc1ccc(F)cc1)Nc1cccc(CN2CCCCC2=O)c1. The number of carbonyl (C=O) groups is 2. The molecule has 0 atom stereocenters. The second kappa shape index (κ2) is 8.61. The Morgan fingerprint density at radius 2 is 1.88 bits per heavy atom. The molecule has 0 unspecified atom stereocenters. The van der Waals surface area contributed by atoms with Gasteiger partial charge in [0, 0.05) is 31.6 Å². The van der Waals surface area contributed by atoms with E-state index >= 15 is 0 Å². The summed E-state index contributed by atoms with van der Waals surface area (Å²) in [5.41, 5.74) is 2.67. The minimum absolute atomic E-state index is 0.0828. The highest BCUT2D eigenvalue weighted by Crippen LogP contribution is 2.17. The summed E-state index contributed by atoms with van der Waals surface area (Å²) in [6.07, 6.45) is 3.54. The number of rotatable bonds is 6. The fourth-order valence-electron chi connectivity index (χ4n) is 3.13. The molecule has 1 aliphatic heterocycles. The number of likely N-dealkylation sites (tertiary alicyclic amines) is 1. The van der Waals surface area contributed by atoms with Crippen LogP contribution in [0.4, 0.5) is 10.1 Å². The molecule has 1 aliphatic rings. The minimum atomic E-state index is -0.276. The summed E-state index contributed by atoms with van der Waals surface area (Å²) in [6.45, 7) is 1.38. The van der Waals surface area contributed by atoms with Crippen molar-refractivity contribution in [3.63, 3.8) is 0 Å². The van der Waals surface area contributed by atoms with Crippen LogP contribution < -0.4 is 5.32 Å². The van der Waals surface area contributed by atoms with E-state index < -0.39 is 0 Å². The highest BCUT2D eigenvalue weighted by molar-refractivity contribution is 5.90. The Balaban J connectivity index is 1.53. The molecule has 0 radical (unpaired) electrons. The quantitative estimate of drug-likeness (QED) is 0.855. The second-order valence-electron chi connectivity index (χ2n) is 6.65. The van der Waals surface area contributed by atoms with E-state index in [1.807, 2.05) is 29.2 Å². The van der Waals surface area contributed by atoms with Crippen LogP contribution in [0, 0.1) is 5.82 Å². The number of nitrogens with one attached hydrogen (secondary N) is 1. The van der Waals surface area contributed by atoms with Crippen molar-refractivity contribution in [3.05, 3.63) is 65.5 Å². The third-order valence-electron chi connectivity index (χ3n) is 4.56. The monoisotopic (exact) mass is 354 g/mol. The Kier molecular flexibility index (Phi) is 6.00. The van der Waals surface area contributed by atoms with Crippen LogP contribution in [0.3, 0.4) is 0 Å². The molecule has 0 saturated carbocycles. The van der Waals surface area contributed by atoms with Gasteiger partial charge in [-0.05, 0) is 54.7 Å². The van der Waals surface area contributed by atoms with Gasteiger partial charge in [-0.15, -0.1) is 0 Å².